The fourth-order valence-electron chi connectivity index (χ4n) is 1.90. The molecule has 19 heavy (non-hydrogen) atoms. The quantitative estimate of drug-likeness (QED) is 0.620. The lowest BCUT2D eigenvalue weighted by molar-refractivity contribution is 0.898. The number of aromatic nitrogens is 1. The summed E-state index contributed by atoms with van der Waals surface area (Å²) in [6, 6.07) is 0. The summed E-state index contributed by atoms with van der Waals surface area (Å²) in [5.41, 5.74) is 4.99. The van der Waals surface area contributed by atoms with Gasteiger partial charge in [0, 0.05) is 24.0 Å². The molecule has 1 rings (SSSR count). The molecule has 0 aromatic carbocycles. The second kappa shape index (κ2) is 11.6. The number of hydrogen-bond acceptors (Lipinski definition) is 0. The molecular weight excluding hydrogens is 230 g/mol. The Morgan fingerprint density at radius 2 is 1.32 bits per heavy atom. The van der Waals surface area contributed by atoms with E-state index in [9.17, 15) is 0 Å². The molecule has 0 amide bonds. The normalized spacial score (nSPS) is 9.89. The van der Waals surface area contributed by atoms with Gasteiger partial charge in [0.05, 0.1) is 0 Å². The summed E-state index contributed by atoms with van der Waals surface area (Å²) < 4.78 is 2.20. The van der Waals surface area contributed by atoms with E-state index in [1.54, 1.807) is 0 Å². The third kappa shape index (κ3) is 4.94. The van der Waals surface area contributed by atoms with Gasteiger partial charge in [-0.05, 0) is 38.5 Å². The summed E-state index contributed by atoms with van der Waals surface area (Å²) in [6.45, 7) is 18.1. The van der Waals surface area contributed by atoms with Crippen molar-refractivity contribution in [2.24, 2.45) is 7.05 Å². The van der Waals surface area contributed by atoms with Crippen LogP contribution < -0.4 is 0 Å². The Morgan fingerprint density at radius 3 is 1.68 bits per heavy atom. The highest BCUT2D eigenvalue weighted by atomic mass is 15.0. The molecule has 0 aliphatic rings. The zero-order chi connectivity index (χ0) is 15.4. The van der Waals surface area contributed by atoms with Crippen molar-refractivity contribution in [3.05, 3.63) is 41.2 Å². The van der Waals surface area contributed by atoms with Crippen LogP contribution in [0.5, 0.6) is 0 Å². The van der Waals surface area contributed by atoms with E-state index in [0.717, 1.165) is 0 Å². The zero-order valence-corrected chi connectivity index (χ0v) is 14.0. The first kappa shape index (κ1) is 19.8. The average molecular weight is 261 g/mol. The Morgan fingerprint density at radius 1 is 0.895 bits per heavy atom. The van der Waals surface area contributed by atoms with Crippen molar-refractivity contribution >= 4 is 18.2 Å². The Hall–Kier alpha value is -1.50. The monoisotopic (exact) mass is 261 g/mol. The van der Waals surface area contributed by atoms with E-state index in [1.165, 1.54) is 22.5 Å². The van der Waals surface area contributed by atoms with Crippen molar-refractivity contribution in [1.82, 2.24) is 4.57 Å². The van der Waals surface area contributed by atoms with Gasteiger partial charge >= 0.3 is 0 Å². The van der Waals surface area contributed by atoms with Crippen LogP contribution in [0.2, 0.25) is 0 Å². The van der Waals surface area contributed by atoms with E-state index in [1.807, 2.05) is 47.6 Å². The second-order valence-electron chi connectivity index (χ2n) is 3.57. The summed E-state index contributed by atoms with van der Waals surface area (Å²) >= 11 is 0. The van der Waals surface area contributed by atoms with E-state index in [4.69, 9.17) is 0 Å². The predicted octanol–water partition coefficient (Wildman–Crippen LogP) is 6.10. The third-order valence-electron chi connectivity index (χ3n) is 2.64. The van der Waals surface area contributed by atoms with Crippen molar-refractivity contribution in [1.29, 1.82) is 0 Å². The fraction of sp³-hybridized carbons (Fsp3) is 0.444. The minimum atomic E-state index is 1.22. The van der Waals surface area contributed by atoms with E-state index in [2.05, 4.69) is 49.4 Å². The summed E-state index contributed by atoms with van der Waals surface area (Å²) in [5.74, 6) is 0. The predicted molar refractivity (Wildman–Crippen MR) is 92.4 cm³/mol. The molecule has 0 aliphatic carbocycles. The standard InChI is InChI=1S/C14H19N.2C2H6/c1-6-9-13-11(4)12(8-3)14(10-7-2)15(13)5;2*1-2/h6-10H,3H2,1-2,4-5H3;2*1-2H3/b9-6-,10-7-;;. The minimum Gasteiger partial charge on any atom is -0.344 e. The van der Waals surface area contributed by atoms with Crippen LogP contribution in [-0.4, -0.2) is 4.57 Å². The highest BCUT2D eigenvalue weighted by Crippen LogP contribution is 2.24. The third-order valence-corrected chi connectivity index (χ3v) is 2.64. The number of hydrogen-bond donors (Lipinski definition) is 0. The van der Waals surface area contributed by atoms with Crippen LogP contribution in [0, 0.1) is 6.92 Å². The van der Waals surface area contributed by atoms with Crippen molar-refractivity contribution in [3.8, 4) is 0 Å². The molecule has 0 unspecified atom stereocenters. The first-order valence-electron chi connectivity index (χ1n) is 7.24. The topological polar surface area (TPSA) is 4.93 Å². The van der Waals surface area contributed by atoms with Gasteiger partial charge in [-0.15, -0.1) is 0 Å². The number of rotatable bonds is 3. The van der Waals surface area contributed by atoms with Gasteiger partial charge in [-0.3, -0.25) is 0 Å². The van der Waals surface area contributed by atoms with Crippen molar-refractivity contribution in [2.75, 3.05) is 0 Å². The molecular formula is C18H31N. The second-order valence-corrected chi connectivity index (χ2v) is 3.57. The summed E-state index contributed by atoms with van der Waals surface area (Å²) in [7, 11) is 2.09. The number of allylic oxidation sites excluding steroid dienone is 2. The molecule has 0 atom stereocenters. The van der Waals surface area contributed by atoms with Gasteiger partial charge in [-0.1, -0.05) is 52.5 Å². The molecule has 1 aromatic heterocycles. The maximum atomic E-state index is 3.88. The minimum absolute atomic E-state index is 1.22. The molecule has 1 heteroatoms. The molecule has 0 radical (unpaired) electrons. The first-order chi connectivity index (χ1) is 9.17. The van der Waals surface area contributed by atoms with Gasteiger partial charge in [-0.2, -0.15) is 0 Å². The van der Waals surface area contributed by atoms with Gasteiger partial charge in [0.1, 0.15) is 0 Å². The maximum Gasteiger partial charge on any atom is 0.0481 e. The summed E-state index contributed by atoms with van der Waals surface area (Å²) in [5, 5.41) is 0. The molecule has 0 N–H and O–H groups in total. The largest absolute Gasteiger partial charge is 0.344 e. The molecule has 1 nitrogen and oxygen atoms in total. The van der Waals surface area contributed by atoms with Crippen molar-refractivity contribution in [3.63, 3.8) is 0 Å². The van der Waals surface area contributed by atoms with E-state index < -0.39 is 0 Å². The van der Waals surface area contributed by atoms with Crippen LogP contribution in [0.25, 0.3) is 18.2 Å². The Kier molecular flexibility index (Phi) is 12.1. The van der Waals surface area contributed by atoms with Crippen molar-refractivity contribution in [2.45, 2.75) is 48.5 Å². The van der Waals surface area contributed by atoms with Gasteiger partial charge in [0.2, 0.25) is 0 Å². The van der Waals surface area contributed by atoms with Gasteiger partial charge in [0.15, 0.2) is 0 Å². The van der Waals surface area contributed by atoms with Crippen LogP contribution in [0.15, 0.2) is 18.7 Å². The lowest BCUT2D eigenvalue weighted by Gasteiger charge is -2.01. The van der Waals surface area contributed by atoms with E-state index in [0.29, 0.717) is 0 Å². The smallest absolute Gasteiger partial charge is 0.0481 e. The van der Waals surface area contributed by atoms with Crippen LogP contribution in [0.3, 0.4) is 0 Å². The lowest BCUT2D eigenvalue weighted by Crippen LogP contribution is -1.94. The van der Waals surface area contributed by atoms with E-state index in [-0.39, 0.29) is 0 Å². The molecule has 0 spiro atoms. The van der Waals surface area contributed by atoms with Gasteiger partial charge < -0.3 is 4.57 Å². The molecule has 0 bridgehead atoms. The number of nitrogens with zero attached hydrogens (tertiary/aromatic N) is 1. The highest BCUT2D eigenvalue weighted by Gasteiger charge is 2.11. The average Bonchev–Trinajstić information content (AvgIpc) is 2.68. The summed E-state index contributed by atoms with van der Waals surface area (Å²) in [4.78, 5) is 0. The Bertz CT molecular complexity index is 417. The maximum absolute atomic E-state index is 3.88. The lowest BCUT2D eigenvalue weighted by atomic mass is 10.1. The van der Waals surface area contributed by atoms with Crippen LogP contribution >= 0.6 is 0 Å². The van der Waals surface area contributed by atoms with Crippen LogP contribution in [0.4, 0.5) is 0 Å². The van der Waals surface area contributed by atoms with Gasteiger partial charge in [-0.25, -0.2) is 0 Å². The molecule has 0 saturated carbocycles. The molecule has 1 heterocycles. The fourth-order valence-corrected chi connectivity index (χ4v) is 1.90. The molecule has 0 saturated heterocycles. The Balaban J connectivity index is 0. The van der Waals surface area contributed by atoms with E-state index >= 15 is 0 Å². The Labute approximate surface area is 120 Å². The highest BCUT2D eigenvalue weighted by molar-refractivity contribution is 5.71. The summed E-state index contributed by atoms with van der Waals surface area (Å²) in [6.07, 6.45) is 10.3. The first-order valence-corrected chi connectivity index (χ1v) is 7.24. The molecule has 108 valence electrons. The SMILES string of the molecule is C=Cc1c(C)c(/C=C\C)n(C)c1/C=C\C.CC.CC. The molecule has 1 aromatic rings. The molecule has 0 aliphatic heterocycles. The van der Waals surface area contributed by atoms with Crippen molar-refractivity contribution < 1.29 is 0 Å². The van der Waals surface area contributed by atoms with Crippen LogP contribution in [-0.2, 0) is 7.05 Å². The van der Waals surface area contributed by atoms with Crippen LogP contribution in [0.1, 0.15) is 64.1 Å². The molecule has 0 fully saturated rings. The van der Waals surface area contributed by atoms with Gasteiger partial charge in [0.25, 0.3) is 0 Å². The zero-order valence-electron chi connectivity index (χ0n) is 14.0.